The Labute approximate surface area is 266 Å². The lowest BCUT2D eigenvalue weighted by molar-refractivity contribution is -0.0367. The molecule has 1 N–H and O–H groups in total. The number of ether oxygens (including phenoxy) is 3. The third-order valence-electron chi connectivity index (χ3n) is 7.58. The monoisotopic (exact) mass is 634 g/mol. The van der Waals surface area contributed by atoms with Crippen molar-refractivity contribution in [3.63, 3.8) is 0 Å². The fraction of sp³-hybridized carbons (Fsp3) is 0.485. The number of amides is 2. The van der Waals surface area contributed by atoms with E-state index >= 15 is 4.39 Å². The van der Waals surface area contributed by atoms with E-state index < -0.39 is 35.4 Å². The fourth-order valence-electron chi connectivity index (χ4n) is 5.55. The molecule has 0 spiro atoms. The van der Waals surface area contributed by atoms with Crippen LogP contribution >= 0.6 is 0 Å². The number of hydrogen-bond donors (Lipinski definition) is 1. The Morgan fingerprint density at radius 3 is 2.30 bits per heavy atom. The van der Waals surface area contributed by atoms with Crippen molar-refractivity contribution in [3.8, 4) is 11.8 Å². The summed E-state index contributed by atoms with van der Waals surface area (Å²) in [6.07, 6.45) is 1.45. The second-order valence-electron chi connectivity index (χ2n) is 13.4. The number of carbonyl (C=O) groups excluding carboxylic acids is 2. The van der Waals surface area contributed by atoms with Crippen molar-refractivity contribution in [2.24, 2.45) is 0 Å². The number of halogens is 1. The maximum Gasteiger partial charge on any atom is 0.425 e. The number of benzene rings is 1. The molecule has 1 aliphatic heterocycles. The van der Waals surface area contributed by atoms with Crippen LogP contribution in [0, 0.1) is 31.0 Å². The molecule has 1 aromatic carbocycles. The van der Waals surface area contributed by atoms with E-state index in [4.69, 9.17) is 19.2 Å². The van der Waals surface area contributed by atoms with E-state index in [0.29, 0.717) is 40.1 Å². The molecule has 1 unspecified atom stereocenters. The van der Waals surface area contributed by atoms with Gasteiger partial charge in [0.25, 0.3) is 0 Å². The molecule has 244 valence electrons. The second-order valence-corrected chi connectivity index (χ2v) is 13.4. The summed E-state index contributed by atoms with van der Waals surface area (Å²) in [5.74, 6) is -0.837. The van der Waals surface area contributed by atoms with E-state index in [2.05, 4.69) is 11.2 Å². The highest BCUT2D eigenvalue weighted by Crippen LogP contribution is 2.41. The first kappa shape index (κ1) is 32.8. The number of nitrogens with zero attached hydrogens (tertiary/aromatic N) is 6. The lowest BCUT2D eigenvalue weighted by atomic mass is 10.1. The number of pyridine rings is 1. The standard InChI is InChI=1S/C33H39FN6O6/c1-18-24(34)14-25-23(16-36-40(25)26-11-9-10-12-44-26)27(18)38-28-21(13-20(17-41)19(2)37-28)22(15-35)29(38)39(30(42)45-32(3,4)5)31(43)46-33(6,7)8/h13-14,16,26,41H,9-12,17H2,1-8H3. The van der Waals surface area contributed by atoms with Gasteiger partial charge in [0.1, 0.15) is 34.3 Å². The summed E-state index contributed by atoms with van der Waals surface area (Å²) in [5, 5.41) is 25.9. The Bertz CT molecular complexity index is 1860. The van der Waals surface area contributed by atoms with Gasteiger partial charge in [0.2, 0.25) is 0 Å². The van der Waals surface area contributed by atoms with Crippen molar-refractivity contribution < 1.29 is 33.3 Å². The molecule has 0 radical (unpaired) electrons. The van der Waals surface area contributed by atoms with Gasteiger partial charge >= 0.3 is 12.2 Å². The van der Waals surface area contributed by atoms with Crippen LogP contribution in [0.2, 0.25) is 0 Å². The average Bonchev–Trinajstić information content (AvgIpc) is 3.50. The van der Waals surface area contributed by atoms with E-state index in [1.807, 2.05) is 0 Å². The summed E-state index contributed by atoms with van der Waals surface area (Å²) < 4.78 is 36.3. The lowest BCUT2D eigenvalue weighted by Gasteiger charge is -2.29. The number of rotatable bonds is 4. The predicted octanol–water partition coefficient (Wildman–Crippen LogP) is 6.87. The summed E-state index contributed by atoms with van der Waals surface area (Å²) in [5.41, 5.74) is -0.423. The van der Waals surface area contributed by atoms with Crippen LogP contribution in [0.15, 0.2) is 18.3 Å². The molecule has 1 saturated heterocycles. The van der Waals surface area contributed by atoms with Crippen LogP contribution in [-0.4, -0.2) is 54.4 Å². The number of aromatic nitrogens is 4. The molecule has 4 heterocycles. The summed E-state index contributed by atoms with van der Waals surface area (Å²) in [4.78, 5) is 33.3. The molecule has 46 heavy (non-hydrogen) atoms. The number of imide groups is 1. The minimum absolute atomic E-state index is 0.131. The molecule has 4 aromatic rings. The molecule has 5 rings (SSSR count). The van der Waals surface area contributed by atoms with Crippen molar-refractivity contribution >= 4 is 39.9 Å². The smallest absolute Gasteiger partial charge is 0.425 e. The van der Waals surface area contributed by atoms with Crippen LogP contribution in [0.1, 0.15) is 89.4 Å². The normalized spacial score (nSPS) is 15.6. The molecule has 2 amide bonds. The SMILES string of the molecule is Cc1nc2c(cc1CO)c(C#N)c(N(C(=O)OC(C)(C)C)C(=O)OC(C)(C)C)n2-c1c(C)c(F)cc2c1cnn2C1CCCCO1. The van der Waals surface area contributed by atoms with E-state index in [0.717, 1.165) is 12.8 Å². The largest absolute Gasteiger partial charge is 0.443 e. The summed E-state index contributed by atoms with van der Waals surface area (Å²) in [6.45, 7) is 13.2. The number of aliphatic hydroxyl groups is 1. The average molecular weight is 635 g/mol. The van der Waals surface area contributed by atoms with Gasteiger partial charge in [0.15, 0.2) is 12.0 Å². The number of fused-ring (bicyclic) bond motifs is 2. The van der Waals surface area contributed by atoms with Gasteiger partial charge in [-0.1, -0.05) is 0 Å². The van der Waals surface area contributed by atoms with E-state index in [9.17, 15) is 20.0 Å². The van der Waals surface area contributed by atoms with Crippen LogP contribution in [0.3, 0.4) is 0 Å². The van der Waals surface area contributed by atoms with Gasteiger partial charge in [-0.2, -0.15) is 15.3 Å². The molecule has 0 saturated carbocycles. The first-order chi connectivity index (χ1) is 21.6. The highest BCUT2D eigenvalue weighted by molar-refractivity contribution is 6.13. The van der Waals surface area contributed by atoms with Crippen LogP contribution in [0.25, 0.3) is 27.6 Å². The second kappa shape index (κ2) is 12.0. The van der Waals surface area contributed by atoms with Crippen molar-refractivity contribution in [3.05, 3.63) is 46.5 Å². The highest BCUT2D eigenvalue weighted by atomic mass is 19.1. The van der Waals surface area contributed by atoms with Crippen molar-refractivity contribution in [1.82, 2.24) is 19.3 Å². The van der Waals surface area contributed by atoms with E-state index in [1.165, 1.54) is 10.6 Å². The quantitative estimate of drug-likeness (QED) is 0.254. The minimum Gasteiger partial charge on any atom is -0.443 e. The Balaban J connectivity index is 1.93. The zero-order valence-electron chi connectivity index (χ0n) is 27.4. The number of nitriles is 1. The number of aliphatic hydroxyl groups excluding tert-OH is 1. The van der Waals surface area contributed by atoms with Gasteiger partial charge in [-0.3, -0.25) is 4.57 Å². The molecule has 12 nitrogen and oxygen atoms in total. The molecule has 0 aliphatic carbocycles. The first-order valence-corrected chi connectivity index (χ1v) is 15.2. The molecule has 1 aliphatic rings. The van der Waals surface area contributed by atoms with Gasteiger partial charge in [-0.25, -0.2) is 23.6 Å². The number of anilines is 1. The van der Waals surface area contributed by atoms with Crippen molar-refractivity contribution in [2.45, 2.75) is 98.7 Å². The number of aryl methyl sites for hydroxylation is 1. The van der Waals surface area contributed by atoms with Crippen LogP contribution < -0.4 is 4.90 Å². The van der Waals surface area contributed by atoms with E-state index in [1.54, 1.807) is 72.3 Å². The third kappa shape index (κ3) is 6.02. The number of hydrogen-bond acceptors (Lipinski definition) is 9. The molecular formula is C33H39FN6O6. The van der Waals surface area contributed by atoms with Gasteiger partial charge in [0, 0.05) is 34.7 Å². The topological polar surface area (TPSA) is 145 Å². The van der Waals surface area contributed by atoms with Gasteiger partial charge in [-0.05, 0) is 86.3 Å². The van der Waals surface area contributed by atoms with Crippen LogP contribution in [-0.2, 0) is 20.8 Å². The summed E-state index contributed by atoms with van der Waals surface area (Å²) in [6, 6.07) is 5.07. The third-order valence-corrected chi connectivity index (χ3v) is 7.58. The summed E-state index contributed by atoms with van der Waals surface area (Å²) in [7, 11) is 0. The minimum atomic E-state index is -1.11. The molecule has 13 heteroatoms. The Morgan fingerprint density at radius 2 is 1.76 bits per heavy atom. The van der Waals surface area contributed by atoms with Crippen molar-refractivity contribution in [1.29, 1.82) is 5.26 Å². The maximum absolute atomic E-state index is 16.0. The molecular weight excluding hydrogens is 595 g/mol. The Morgan fingerprint density at radius 1 is 1.11 bits per heavy atom. The first-order valence-electron chi connectivity index (χ1n) is 15.2. The molecule has 0 bridgehead atoms. The highest BCUT2D eigenvalue weighted by Gasteiger charge is 2.39. The lowest BCUT2D eigenvalue weighted by Crippen LogP contribution is -2.45. The molecule has 1 fully saturated rings. The number of carbonyl (C=O) groups is 2. The maximum atomic E-state index is 16.0. The van der Waals surface area contributed by atoms with Crippen LogP contribution in [0.5, 0.6) is 0 Å². The Kier molecular flexibility index (Phi) is 8.57. The van der Waals surface area contributed by atoms with E-state index in [-0.39, 0.29) is 40.3 Å². The fourth-order valence-corrected chi connectivity index (χ4v) is 5.55. The van der Waals surface area contributed by atoms with Crippen molar-refractivity contribution in [2.75, 3.05) is 11.5 Å². The van der Waals surface area contributed by atoms with Gasteiger partial charge in [0.05, 0.1) is 24.0 Å². The van der Waals surface area contributed by atoms with Gasteiger partial charge < -0.3 is 19.3 Å². The predicted molar refractivity (Wildman–Crippen MR) is 168 cm³/mol. The van der Waals surface area contributed by atoms with Gasteiger partial charge in [-0.15, -0.1) is 0 Å². The molecule has 1 atom stereocenters. The summed E-state index contributed by atoms with van der Waals surface area (Å²) >= 11 is 0. The van der Waals surface area contributed by atoms with Crippen LogP contribution in [0.4, 0.5) is 19.8 Å². The zero-order valence-corrected chi connectivity index (χ0v) is 27.4. The zero-order chi connectivity index (χ0) is 33.7. The molecule has 3 aromatic heterocycles. The Hall–Kier alpha value is -4.54.